The summed E-state index contributed by atoms with van der Waals surface area (Å²) in [5.41, 5.74) is 0. The van der Waals surface area contributed by atoms with Crippen LogP contribution in [0.15, 0.2) is 6.33 Å². The second-order valence-corrected chi connectivity index (χ2v) is 4.10. The van der Waals surface area contributed by atoms with Crippen molar-refractivity contribution in [2.75, 3.05) is 13.1 Å². The van der Waals surface area contributed by atoms with Crippen molar-refractivity contribution in [3.63, 3.8) is 0 Å². The van der Waals surface area contributed by atoms with Crippen LogP contribution in [-0.2, 0) is 23.1 Å². The second kappa shape index (κ2) is 4.94. The highest BCUT2D eigenvalue weighted by Crippen LogP contribution is 2.08. The van der Waals surface area contributed by atoms with E-state index >= 15 is 0 Å². The summed E-state index contributed by atoms with van der Waals surface area (Å²) in [6, 6.07) is 0. The van der Waals surface area contributed by atoms with E-state index in [0.717, 1.165) is 5.82 Å². The van der Waals surface area contributed by atoms with Gasteiger partial charge in [0.05, 0.1) is 5.92 Å². The molecule has 1 aliphatic heterocycles. The fraction of sp³-hybridized carbons (Fsp3) is 0.600. The summed E-state index contributed by atoms with van der Waals surface area (Å²) in [7, 11) is 1.86. The third-order valence-corrected chi connectivity index (χ3v) is 2.80. The van der Waals surface area contributed by atoms with Gasteiger partial charge in [-0.15, -0.1) is 10.2 Å². The summed E-state index contributed by atoms with van der Waals surface area (Å²) in [6.45, 7) is 0.949. The Hall–Kier alpha value is -1.92. The maximum atomic E-state index is 11.7. The average molecular weight is 237 g/mol. The Morgan fingerprint density at radius 2 is 2.53 bits per heavy atom. The van der Waals surface area contributed by atoms with E-state index in [1.165, 1.54) is 0 Å². The first-order valence-corrected chi connectivity index (χ1v) is 5.54. The molecule has 2 heterocycles. The van der Waals surface area contributed by atoms with Crippen molar-refractivity contribution in [1.29, 1.82) is 0 Å². The Morgan fingerprint density at radius 3 is 3.12 bits per heavy atom. The van der Waals surface area contributed by atoms with E-state index in [2.05, 4.69) is 20.8 Å². The zero-order valence-electron chi connectivity index (χ0n) is 9.64. The van der Waals surface area contributed by atoms with Gasteiger partial charge in [0.1, 0.15) is 12.2 Å². The number of carbonyl (C=O) groups is 2. The molecule has 0 aliphatic carbocycles. The topological polar surface area (TPSA) is 88.9 Å². The molecule has 7 heteroatoms. The molecule has 1 aromatic rings. The van der Waals surface area contributed by atoms with Crippen LogP contribution in [0.3, 0.4) is 0 Å². The molecular weight excluding hydrogens is 222 g/mol. The first-order valence-electron chi connectivity index (χ1n) is 5.54. The Balaban J connectivity index is 1.74. The molecule has 1 atom stereocenters. The van der Waals surface area contributed by atoms with E-state index in [9.17, 15) is 9.59 Å². The fourth-order valence-electron chi connectivity index (χ4n) is 1.77. The number of carbonyl (C=O) groups excluding carboxylic acids is 2. The molecule has 0 saturated carbocycles. The van der Waals surface area contributed by atoms with Crippen molar-refractivity contribution in [2.24, 2.45) is 13.0 Å². The van der Waals surface area contributed by atoms with Crippen molar-refractivity contribution < 1.29 is 9.59 Å². The van der Waals surface area contributed by atoms with E-state index in [0.29, 0.717) is 19.5 Å². The molecule has 1 unspecified atom stereocenters. The molecule has 2 N–H and O–H groups in total. The summed E-state index contributed by atoms with van der Waals surface area (Å²) in [5, 5.41) is 13.1. The number of hydrogen-bond donors (Lipinski definition) is 2. The number of amides is 2. The van der Waals surface area contributed by atoms with Crippen molar-refractivity contribution in [3.05, 3.63) is 12.2 Å². The summed E-state index contributed by atoms with van der Waals surface area (Å²) in [4.78, 5) is 22.6. The number of hydrogen-bond acceptors (Lipinski definition) is 4. The summed E-state index contributed by atoms with van der Waals surface area (Å²) >= 11 is 0. The number of aromatic nitrogens is 3. The van der Waals surface area contributed by atoms with Gasteiger partial charge in [-0.1, -0.05) is 0 Å². The zero-order valence-corrected chi connectivity index (χ0v) is 9.64. The maximum Gasteiger partial charge on any atom is 0.225 e. The van der Waals surface area contributed by atoms with Gasteiger partial charge in [-0.3, -0.25) is 9.59 Å². The van der Waals surface area contributed by atoms with Crippen molar-refractivity contribution in [2.45, 2.75) is 12.8 Å². The molecule has 1 fully saturated rings. The lowest BCUT2D eigenvalue weighted by Gasteiger charge is -2.08. The molecular formula is C10H15N5O2. The van der Waals surface area contributed by atoms with Gasteiger partial charge in [-0.2, -0.15) is 0 Å². The van der Waals surface area contributed by atoms with Gasteiger partial charge in [0.15, 0.2) is 0 Å². The van der Waals surface area contributed by atoms with Gasteiger partial charge >= 0.3 is 0 Å². The van der Waals surface area contributed by atoms with E-state index in [1.807, 2.05) is 11.6 Å². The lowest BCUT2D eigenvalue weighted by Crippen LogP contribution is -2.33. The van der Waals surface area contributed by atoms with Gasteiger partial charge in [0, 0.05) is 33.0 Å². The molecule has 7 nitrogen and oxygen atoms in total. The fourth-order valence-corrected chi connectivity index (χ4v) is 1.77. The van der Waals surface area contributed by atoms with Crippen LogP contribution in [0.1, 0.15) is 12.2 Å². The molecule has 0 radical (unpaired) electrons. The van der Waals surface area contributed by atoms with Gasteiger partial charge < -0.3 is 15.2 Å². The third kappa shape index (κ3) is 2.80. The minimum absolute atomic E-state index is 0.0570. The Morgan fingerprint density at radius 1 is 1.71 bits per heavy atom. The maximum absolute atomic E-state index is 11.7. The van der Waals surface area contributed by atoms with Crippen LogP contribution in [0.2, 0.25) is 0 Å². The van der Waals surface area contributed by atoms with Gasteiger partial charge in [-0.25, -0.2) is 0 Å². The van der Waals surface area contributed by atoms with Gasteiger partial charge in [-0.05, 0) is 0 Å². The minimum Gasteiger partial charge on any atom is -0.355 e. The molecule has 0 aromatic carbocycles. The Kier molecular flexibility index (Phi) is 3.36. The van der Waals surface area contributed by atoms with Gasteiger partial charge in [0.2, 0.25) is 11.8 Å². The smallest absolute Gasteiger partial charge is 0.225 e. The Labute approximate surface area is 98.6 Å². The number of rotatable bonds is 4. The number of nitrogens with one attached hydrogen (secondary N) is 2. The molecule has 1 saturated heterocycles. The van der Waals surface area contributed by atoms with Crippen LogP contribution in [0.5, 0.6) is 0 Å². The highest BCUT2D eigenvalue weighted by Gasteiger charge is 2.27. The molecule has 92 valence electrons. The largest absolute Gasteiger partial charge is 0.355 e. The first kappa shape index (κ1) is 11.6. The molecule has 1 aliphatic rings. The van der Waals surface area contributed by atoms with E-state index in [4.69, 9.17) is 0 Å². The van der Waals surface area contributed by atoms with E-state index in [1.54, 1.807) is 6.33 Å². The molecule has 1 aromatic heterocycles. The molecule has 2 rings (SSSR count). The molecule has 0 spiro atoms. The highest BCUT2D eigenvalue weighted by molar-refractivity contribution is 5.89. The second-order valence-electron chi connectivity index (χ2n) is 4.10. The zero-order chi connectivity index (χ0) is 12.3. The molecule has 17 heavy (non-hydrogen) atoms. The van der Waals surface area contributed by atoms with Crippen LogP contribution >= 0.6 is 0 Å². The van der Waals surface area contributed by atoms with Crippen LogP contribution in [0.25, 0.3) is 0 Å². The van der Waals surface area contributed by atoms with Crippen LogP contribution in [0, 0.1) is 5.92 Å². The SMILES string of the molecule is Cn1cnnc1CCNC(=O)C1CNC(=O)C1. The van der Waals surface area contributed by atoms with Crippen molar-refractivity contribution >= 4 is 11.8 Å². The number of aryl methyl sites for hydroxylation is 1. The lowest BCUT2D eigenvalue weighted by atomic mass is 10.1. The monoisotopic (exact) mass is 237 g/mol. The van der Waals surface area contributed by atoms with E-state index in [-0.39, 0.29) is 24.2 Å². The molecule has 2 amide bonds. The quantitative estimate of drug-likeness (QED) is 0.674. The Bertz CT molecular complexity index is 428. The highest BCUT2D eigenvalue weighted by atomic mass is 16.2. The van der Waals surface area contributed by atoms with E-state index < -0.39 is 0 Å². The third-order valence-electron chi connectivity index (χ3n) is 2.80. The van der Waals surface area contributed by atoms with Gasteiger partial charge in [0.25, 0.3) is 0 Å². The van der Waals surface area contributed by atoms with Crippen LogP contribution in [0.4, 0.5) is 0 Å². The predicted octanol–water partition coefficient (Wildman–Crippen LogP) is -1.39. The number of nitrogens with zero attached hydrogens (tertiary/aromatic N) is 3. The van der Waals surface area contributed by atoms with Crippen molar-refractivity contribution in [3.8, 4) is 0 Å². The first-order chi connectivity index (χ1) is 8.16. The average Bonchev–Trinajstić information content (AvgIpc) is 2.88. The predicted molar refractivity (Wildman–Crippen MR) is 58.8 cm³/mol. The van der Waals surface area contributed by atoms with Crippen molar-refractivity contribution in [1.82, 2.24) is 25.4 Å². The lowest BCUT2D eigenvalue weighted by molar-refractivity contribution is -0.126. The standard InChI is InChI=1S/C10H15N5O2/c1-15-6-13-14-8(15)2-3-11-10(17)7-4-9(16)12-5-7/h6-7H,2-5H2,1H3,(H,11,17)(H,12,16). The minimum atomic E-state index is -0.234. The summed E-state index contributed by atoms with van der Waals surface area (Å²) < 4.78 is 1.81. The summed E-state index contributed by atoms with van der Waals surface area (Å²) in [6.07, 6.45) is 2.54. The van der Waals surface area contributed by atoms with Crippen LogP contribution < -0.4 is 10.6 Å². The summed E-state index contributed by atoms with van der Waals surface area (Å²) in [5.74, 6) is 0.455. The molecule has 0 bridgehead atoms. The normalized spacial score (nSPS) is 19.1. The van der Waals surface area contributed by atoms with Crippen LogP contribution in [-0.4, -0.2) is 39.7 Å².